The van der Waals surface area contributed by atoms with E-state index in [-0.39, 0.29) is 6.04 Å². The number of benzene rings is 1. The summed E-state index contributed by atoms with van der Waals surface area (Å²) in [6.45, 7) is 17.4. The highest BCUT2D eigenvalue weighted by molar-refractivity contribution is 5.51. The third kappa shape index (κ3) is 4.12. The van der Waals surface area contributed by atoms with Crippen molar-refractivity contribution in [1.29, 1.82) is 0 Å². The molecule has 1 atom stereocenters. The van der Waals surface area contributed by atoms with Gasteiger partial charge in [0.05, 0.1) is 0 Å². The van der Waals surface area contributed by atoms with Gasteiger partial charge in [-0.2, -0.15) is 0 Å². The van der Waals surface area contributed by atoms with Gasteiger partial charge in [-0.3, -0.25) is 0 Å². The lowest BCUT2D eigenvalue weighted by Gasteiger charge is -2.25. The van der Waals surface area contributed by atoms with E-state index in [0.717, 1.165) is 11.2 Å². The van der Waals surface area contributed by atoms with Crippen LogP contribution in [0.25, 0.3) is 0 Å². The van der Waals surface area contributed by atoms with E-state index < -0.39 is 0 Å². The largest absolute Gasteiger partial charge is 0.624 e. The van der Waals surface area contributed by atoms with Crippen molar-refractivity contribution >= 4 is 6.21 Å². The predicted molar refractivity (Wildman–Crippen MR) is 97.1 cm³/mol. The molecule has 0 saturated heterocycles. The molecule has 0 heterocycles. The molecular weight excluding hydrogens is 270 g/mol. The first kappa shape index (κ1) is 18.7. The van der Waals surface area contributed by atoms with E-state index in [1.54, 1.807) is 6.21 Å². The minimum absolute atomic E-state index is 0.129. The van der Waals surface area contributed by atoms with Gasteiger partial charge in [-0.15, -0.1) is 0 Å². The van der Waals surface area contributed by atoms with Crippen molar-refractivity contribution < 1.29 is 4.74 Å². The van der Waals surface area contributed by atoms with Gasteiger partial charge < -0.3 is 5.21 Å². The SMILES string of the molecule is CC/C=[N+](\[O-])C(C)c1c(C(C)C)cc(C(C)C)cc1C(C)C. The van der Waals surface area contributed by atoms with Crippen molar-refractivity contribution in [1.82, 2.24) is 0 Å². The van der Waals surface area contributed by atoms with Crippen LogP contribution in [0.15, 0.2) is 12.1 Å². The van der Waals surface area contributed by atoms with Crippen LogP contribution in [0.5, 0.6) is 0 Å². The summed E-state index contributed by atoms with van der Waals surface area (Å²) in [5, 5.41) is 12.4. The Morgan fingerprint density at radius 3 is 1.68 bits per heavy atom. The zero-order valence-electron chi connectivity index (χ0n) is 15.6. The summed E-state index contributed by atoms with van der Waals surface area (Å²) in [7, 11) is 0. The molecule has 0 saturated carbocycles. The van der Waals surface area contributed by atoms with Crippen LogP contribution >= 0.6 is 0 Å². The molecule has 0 fully saturated rings. The van der Waals surface area contributed by atoms with Crippen molar-refractivity contribution in [2.75, 3.05) is 0 Å². The van der Waals surface area contributed by atoms with Crippen molar-refractivity contribution in [3.05, 3.63) is 39.6 Å². The monoisotopic (exact) mass is 303 g/mol. The Labute approximate surface area is 136 Å². The molecule has 1 unspecified atom stereocenters. The van der Waals surface area contributed by atoms with Crippen LogP contribution < -0.4 is 0 Å². The number of rotatable bonds is 6. The molecule has 0 bridgehead atoms. The predicted octanol–water partition coefficient (Wildman–Crippen LogP) is 6.11. The van der Waals surface area contributed by atoms with Gasteiger partial charge in [-0.1, -0.05) is 60.6 Å². The lowest BCUT2D eigenvalue weighted by atomic mass is 9.82. The second-order valence-electron chi connectivity index (χ2n) is 7.20. The molecule has 1 rings (SSSR count). The highest BCUT2D eigenvalue weighted by atomic mass is 16.5. The lowest BCUT2D eigenvalue weighted by Crippen LogP contribution is -2.17. The molecule has 124 valence electrons. The Balaban J connectivity index is 3.61. The highest BCUT2D eigenvalue weighted by Crippen LogP contribution is 2.36. The molecule has 0 aliphatic rings. The van der Waals surface area contributed by atoms with Crippen LogP contribution in [-0.2, 0) is 0 Å². The Morgan fingerprint density at radius 1 is 0.909 bits per heavy atom. The van der Waals surface area contributed by atoms with Crippen LogP contribution in [-0.4, -0.2) is 11.0 Å². The molecule has 0 aromatic heterocycles. The molecule has 0 aliphatic heterocycles. The summed E-state index contributed by atoms with van der Waals surface area (Å²) < 4.78 is 1.13. The van der Waals surface area contributed by atoms with Crippen molar-refractivity contribution in [2.45, 2.75) is 85.6 Å². The minimum atomic E-state index is -0.129. The third-order valence-corrected chi connectivity index (χ3v) is 4.34. The average Bonchev–Trinajstić information content (AvgIpc) is 2.44. The van der Waals surface area contributed by atoms with Crippen LogP contribution in [0.1, 0.15) is 108 Å². The van der Waals surface area contributed by atoms with E-state index in [4.69, 9.17) is 0 Å². The number of nitrogens with zero attached hydrogens (tertiary/aromatic N) is 1. The molecule has 0 spiro atoms. The van der Waals surface area contributed by atoms with Gasteiger partial charge >= 0.3 is 0 Å². The topological polar surface area (TPSA) is 26.1 Å². The molecule has 0 amide bonds. The summed E-state index contributed by atoms with van der Waals surface area (Å²) in [6.07, 6.45) is 2.52. The lowest BCUT2D eigenvalue weighted by molar-refractivity contribution is -0.499. The summed E-state index contributed by atoms with van der Waals surface area (Å²) in [4.78, 5) is 0. The van der Waals surface area contributed by atoms with Crippen molar-refractivity contribution in [3.63, 3.8) is 0 Å². The van der Waals surface area contributed by atoms with E-state index in [0.29, 0.717) is 17.8 Å². The molecule has 1 aromatic rings. The smallest absolute Gasteiger partial charge is 0.185 e. The fourth-order valence-corrected chi connectivity index (χ4v) is 2.96. The van der Waals surface area contributed by atoms with Crippen LogP contribution in [0.3, 0.4) is 0 Å². The quantitative estimate of drug-likeness (QED) is 0.269. The first-order valence-corrected chi connectivity index (χ1v) is 8.67. The molecule has 1 aromatic carbocycles. The summed E-state index contributed by atoms with van der Waals surface area (Å²) in [6, 6.07) is 4.50. The molecule has 0 aliphatic carbocycles. The zero-order chi connectivity index (χ0) is 17.0. The van der Waals surface area contributed by atoms with Gasteiger partial charge in [0.25, 0.3) is 0 Å². The van der Waals surface area contributed by atoms with Gasteiger partial charge in [0.2, 0.25) is 0 Å². The van der Waals surface area contributed by atoms with Gasteiger partial charge in [-0.05, 0) is 34.4 Å². The van der Waals surface area contributed by atoms with Crippen molar-refractivity contribution in [2.24, 2.45) is 0 Å². The Morgan fingerprint density at radius 2 is 1.36 bits per heavy atom. The van der Waals surface area contributed by atoms with E-state index in [1.807, 2.05) is 13.8 Å². The molecule has 2 nitrogen and oxygen atoms in total. The summed E-state index contributed by atoms with van der Waals surface area (Å²) in [5.41, 5.74) is 5.26. The molecule has 2 heteroatoms. The maximum absolute atomic E-state index is 12.4. The van der Waals surface area contributed by atoms with Crippen molar-refractivity contribution in [3.8, 4) is 0 Å². The van der Waals surface area contributed by atoms with Crippen LogP contribution in [0, 0.1) is 5.21 Å². The first-order valence-electron chi connectivity index (χ1n) is 8.67. The Hall–Kier alpha value is -1.31. The second-order valence-corrected chi connectivity index (χ2v) is 7.20. The molecule has 0 N–H and O–H groups in total. The third-order valence-electron chi connectivity index (χ3n) is 4.34. The molecule has 0 radical (unpaired) electrons. The molecular formula is C20H33NO. The summed E-state index contributed by atoms with van der Waals surface area (Å²) in [5.74, 6) is 1.34. The standard InChI is InChI=1S/C20H33NO/c1-9-10-21(22)16(8)20-18(14(4)5)11-17(13(2)3)12-19(20)15(6)7/h10-16H,9H2,1-8H3/b21-10-. The number of hydrogen-bond acceptors (Lipinski definition) is 1. The maximum Gasteiger partial charge on any atom is 0.185 e. The van der Waals surface area contributed by atoms with E-state index in [1.165, 1.54) is 22.3 Å². The van der Waals surface area contributed by atoms with Gasteiger partial charge in [-0.25, -0.2) is 4.74 Å². The zero-order valence-corrected chi connectivity index (χ0v) is 15.6. The second kappa shape index (κ2) is 7.80. The Bertz CT molecular complexity index is 498. The van der Waals surface area contributed by atoms with E-state index >= 15 is 0 Å². The Kier molecular flexibility index (Phi) is 6.65. The maximum atomic E-state index is 12.4. The minimum Gasteiger partial charge on any atom is -0.624 e. The molecule has 22 heavy (non-hydrogen) atoms. The van der Waals surface area contributed by atoms with E-state index in [2.05, 4.69) is 53.7 Å². The fourth-order valence-electron chi connectivity index (χ4n) is 2.96. The van der Waals surface area contributed by atoms with Gasteiger partial charge in [0, 0.05) is 18.9 Å². The van der Waals surface area contributed by atoms with Crippen LogP contribution in [0.2, 0.25) is 0 Å². The normalized spacial score (nSPS) is 14.2. The van der Waals surface area contributed by atoms with Gasteiger partial charge in [0.1, 0.15) is 0 Å². The van der Waals surface area contributed by atoms with Gasteiger partial charge in [0.15, 0.2) is 12.3 Å². The van der Waals surface area contributed by atoms with Crippen LogP contribution in [0.4, 0.5) is 0 Å². The summed E-state index contributed by atoms with van der Waals surface area (Å²) >= 11 is 0. The first-order chi connectivity index (χ1) is 10.2. The number of hydroxylamine groups is 1. The number of hydrogen-bond donors (Lipinski definition) is 0. The highest BCUT2D eigenvalue weighted by Gasteiger charge is 2.25. The fraction of sp³-hybridized carbons (Fsp3) is 0.650. The average molecular weight is 303 g/mol. The van der Waals surface area contributed by atoms with E-state index in [9.17, 15) is 5.21 Å².